The molecule has 0 saturated carbocycles. The second-order valence-corrected chi connectivity index (χ2v) is 12.9. The van der Waals surface area contributed by atoms with Crippen LogP contribution >= 0.6 is 51.3 Å². The van der Waals surface area contributed by atoms with Gasteiger partial charge in [0.15, 0.2) is 5.11 Å². The van der Waals surface area contributed by atoms with Gasteiger partial charge >= 0.3 is 0 Å². The summed E-state index contributed by atoms with van der Waals surface area (Å²) in [6, 6.07) is 22.6. The highest BCUT2D eigenvalue weighted by molar-refractivity contribution is 9.10. The molecule has 1 aromatic heterocycles. The summed E-state index contributed by atoms with van der Waals surface area (Å²) in [5.74, 6) is 0.214. The fourth-order valence-electron chi connectivity index (χ4n) is 4.83. The molecule has 0 aliphatic rings. The Balaban J connectivity index is 1.51. The minimum absolute atomic E-state index is 0.109. The summed E-state index contributed by atoms with van der Waals surface area (Å²) in [5.41, 5.74) is 4.08. The third-order valence-electron chi connectivity index (χ3n) is 6.93. The van der Waals surface area contributed by atoms with E-state index in [1.54, 1.807) is 30.7 Å². The van der Waals surface area contributed by atoms with Crippen LogP contribution in [0, 0.1) is 17.2 Å². The lowest BCUT2D eigenvalue weighted by atomic mass is 10.0. The van der Waals surface area contributed by atoms with E-state index < -0.39 is 0 Å². The molecule has 1 amide bonds. The van der Waals surface area contributed by atoms with Crippen molar-refractivity contribution in [1.29, 1.82) is 5.26 Å². The Morgan fingerprint density at radius 3 is 2.57 bits per heavy atom. The van der Waals surface area contributed by atoms with E-state index in [1.807, 2.05) is 58.0 Å². The molecule has 0 bridgehead atoms. The number of carbonyl (C=O) groups is 1. The number of imidazole rings is 1. The van der Waals surface area contributed by atoms with E-state index in [0.717, 1.165) is 33.4 Å². The van der Waals surface area contributed by atoms with Gasteiger partial charge < -0.3 is 20.1 Å². The molecule has 0 fully saturated rings. The van der Waals surface area contributed by atoms with Crippen molar-refractivity contribution in [1.82, 2.24) is 19.8 Å². The largest absolute Gasteiger partial charge is 0.351 e. The van der Waals surface area contributed by atoms with E-state index in [2.05, 4.69) is 51.5 Å². The van der Waals surface area contributed by atoms with Gasteiger partial charge in [0.1, 0.15) is 0 Å². The highest BCUT2D eigenvalue weighted by atomic mass is 79.9. The van der Waals surface area contributed by atoms with E-state index in [9.17, 15) is 4.79 Å². The zero-order valence-corrected chi connectivity index (χ0v) is 28.3. The SMILES string of the molecule is CC(C)C[C@@H](CN(Cc1cccc(Cl)c1Cl)C(=S)Nc1ccccc1Br)NC(=O)Cc1cncn1Cc1ccc(C#N)cc1. The minimum Gasteiger partial charge on any atom is -0.351 e. The first-order valence-electron chi connectivity index (χ1n) is 14.1. The Morgan fingerprint density at radius 2 is 1.86 bits per heavy atom. The van der Waals surface area contributed by atoms with Crippen LogP contribution in [0.2, 0.25) is 10.0 Å². The van der Waals surface area contributed by atoms with Crippen LogP contribution in [0.25, 0.3) is 0 Å². The number of hydrogen-bond acceptors (Lipinski definition) is 4. The van der Waals surface area contributed by atoms with E-state index in [0.29, 0.717) is 46.3 Å². The van der Waals surface area contributed by atoms with Crippen LogP contribution in [0.5, 0.6) is 0 Å². The Labute approximate surface area is 282 Å². The molecule has 2 N–H and O–H groups in total. The van der Waals surface area contributed by atoms with Gasteiger partial charge in [0.2, 0.25) is 5.91 Å². The van der Waals surface area contributed by atoms with Gasteiger partial charge in [0.05, 0.1) is 40.1 Å². The number of nitrogens with one attached hydrogen (secondary N) is 2. The molecule has 11 heteroatoms. The Kier molecular flexibility index (Phi) is 12.2. The summed E-state index contributed by atoms with van der Waals surface area (Å²) >= 11 is 22.4. The Hall–Kier alpha value is -3.42. The fourth-order valence-corrected chi connectivity index (χ4v) is 5.84. The Bertz CT molecular complexity index is 1640. The van der Waals surface area contributed by atoms with Crippen molar-refractivity contribution in [3.8, 4) is 6.07 Å². The molecule has 0 aliphatic heterocycles. The van der Waals surface area contributed by atoms with Crippen LogP contribution < -0.4 is 10.6 Å². The molecule has 44 heavy (non-hydrogen) atoms. The fraction of sp³-hybridized carbons (Fsp3) is 0.273. The number of anilines is 1. The zero-order chi connectivity index (χ0) is 31.6. The quantitative estimate of drug-likeness (QED) is 0.146. The number of rotatable bonds is 12. The molecular formula is C33H33BrCl2N6OS. The smallest absolute Gasteiger partial charge is 0.226 e. The van der Waals surface area contributed by atoms with Gasteiger partial charge in [-0.3, -0.25) is 4.79 Å². The number of halogens is 3. The number of para-hydroxylation sites is 1. The topological polar surface area (TPSA) is 86.0 Å². The monoisotopic (exact) mass is 710 g/mol. The van der Waals surface area contributed by atoms with Gasteiger partial charge in [-0.1, -0.05) is 73.4 Å². The summed E-state index contributed by atoms with van der Waals surface area (Å²) in [4.78, 5) is 19.7. The van der Waals surface area contributed by atoms with Gasteiger partial charge in [0.25, 0.3) is 0 Å². The molecule has 0 aliphatic carbocycles. The number of aromatic nitrogens is 2. The van der Waals surface area contributed by atoms with Crippen molar-refractivity contribution < 1.29 is 4.79 Å². The number of benzene rings is 3. The maximum atomic E-state index is 13.4. The van der Waals surface area contributed by atoms with E-state index >= 15 is 0 Å². The van der Waals surface area contributed by atoms with Gasteiger partial charge in [-0.15, -0.1) is 0 Å². The maximum Gasteiger partial charge on any atom is 0.226 e. The summed E-state index contributed by atoms with van der Waals surface area (Å²) in [5, 5.41) is 17.1. The zero-order valence-electron chi connectivity index (χ0n) is 24.4. The second kappa shape index (κ2) is 16.1. The molecule has 1 atom stereocenters. The average molecular weight is 713 g/mol. The van der Waals surface area contributed by atoms with Crippen molar-refractivity contribution in [3.05, 3.63) is 116 Å². The number of thiocarbonyl (C=S) groups is 1. The molecule has 0 spiro atoms. The van der Waals surface area contributed by atoms with Crippen molar-refractivity contribution >= 4 is 68.1 Å². The molecular weight excluding hydrogens is 679 g/mol. The van der Waals surface area contributed by atoms with E-state index in [-0.39, 0.29) is 18.4 Å². The number of carbonyl (C=O) groups excluding carboxylic acids is 1. The van der Waals surface area contributed by atoms with Crippen LogP contribution in [0.1, 0.15) is 42.7 Å². The minimum atomic E-state index is -0.200. The molecule has 0 radical (unpaired) electrons. The maximum absolute atomic E-state index is 13.4. The molecule has 0 saturated heterocycles. The standard InChI is InChI=1S/C33H33BrCl2N6OS/c1-22(2)14-26(39-31(43)15-27-17-38-21-42(27)18-24-12-10-23(16-37)11-13-24)20-41(19-25-6-5-8-29(35)32(25)36)33(44)40-30-9-4-3-7-28(30)34/h3-13,17,21-22,26H,14-15,18-20H2,1-2H3,(H,39,43)(H,40,44)/t26-/m0/s1. The van der Waals surface area contributed by atoms with Gasteiger partial charge in [0, 0.05) is 42.0 Å². The third-order valence-corrected chi connectivity index (χ3v) is 8.84. The highest BCUT2D eigenvalue weighted by Crippen LogP contribution is 2.28. The first-order valence-corrected chi connectivity index (χ1v) is 16.1. The molecule has 1 heterocycles. The summed E-state index contributed by atoms with van der Waals surface area (Å²) in [7, 11) is 0. The van der Waals surface area contributed by atoms with Crippen molar-refractivity contribution in [2.24, 2.45) is 5.92 Å². The lowest BCUT2D eigenvalue weighted by Gasteiger charge is -2.32. The van der Waals surface area contributed by atoms with Gasteiger partial charge in [-0.2, -0.15) is 5.26 Å². The van der Waals surface area contributed by atoms with Crippen LogP contribution in [-0.4, -0.2) is 38.1 Å². The van der Waals surface area contributed by atoms with Crippen LogP contribution in [0.15, 0.2) is 83.7 Å². The summed E-state index contributed by atoms with van der Waals surface area (Å²) in [6.07, 6.45) is 4.35. The third kappa shape index (κ3) is 9.54. The first kappa shape index (κ1) is 33.5. The van der Waals surface area contributed by atoms with Gasteiger partial charge in [-0.25, -0.2) is 4.98 Å². The van der Waals surface area contributed by atoms with Crippen LogP contribution in [0.4, 0.5) is 5.69 Å². The average Bonchev–Trinajstić information content (AvgIpc) is 3.42. The molecule has 4 rings (SSSR count). The van der Waals surface area contributed by atoms with Crippen molar-refractivity contribution in [3.63, 3.8) is 0 Å². The van der Waals surface area contributed by atoms with Crippen molar-refractivity contribution in [2.75, 3.05) is 11.9 Å². The molecule has 228 valence electrons. The second-order valence-electron chi connectivity index (χ2n) is 10.9. The number of amides is 1. The predicted octanol–water partition coefficient (Wildman–Crippen LogP) is 7.84. The lowest BCUT2D eigenvalue weighted by Crippen LogP contribution is -2.47. The Morgan fingerprint density at radius 1 is 1.11 bits per heavy atom. The predicted molar refractivity (Wildman–Crippen MR) is 185 cm³/mol. The summed E-state index contributed by atoms with van der Waals surface area (Å²) < 4.78 is 2.83. The van der Waals surface area contributed by atoms with Gasteiger partial charge in [-0.05, 0) is 81.9 Å². The highest BCUT2D eigenvalue weighted by Gasteiger charge is 2.22. The number of nitrogens with zero attached hydrogens (tertiary/aromatic N) is 4. The molecule has 7 nitrogen and oxygen atoms in total. The normalized spacial score (nSPS) is 11.6. The van der Waals surface area contributed by atoms with Crippen LogP contribution in [0.3, 0.4) is 0 Å². The summed E-state index contributed by atoms with van der Waals surface area (Å²) in [6.45, 7) is 5.65. The van der Waals surface area contributed by atoms with E-state index in [1.165, 1.54) is 0 Å². The number of nitriles is 1. The molecule has 4 aromatic rings. The molecule has 0 unspecified atom stereocenters. The first-order chi connectivity index (χ1) is 21.1. The lowest BCUT2D eigenvalue weighted by molar-refractivity contribution is -0.121. The van der Waals surface area contributed by atoms with Crippen LogP contribution in [-0.2, 0) is 24.3 Å². The van der Waals surface area contributed by atoms with Crippen molar-refractivity contribution in [2.45, 2.75) is 45.8 Å². The molecule has 3 aromatic carbocycles. The number of hydrogen-bond donors (Lipinski definition) is 2. The van der Waals surface area contributed by atoms with E-state index in [4.69, 9.17) is 40.7 Å².